The molecular formula is C32H26N2O6S. The summed E-state index contributed by atoms with van der Waals surface area (Å²) in [6.45, 7) is 6.27. The first kappa shape index (κ1) is 26.5. The van der Waals surface area contributed by atoms with Gasteiger partial charge in [0.05, 0.1) is 15.9 Å². The minimum atomic E-state index is -4.04. The van der Waals surface area contributed by atoms with Gasteiger partial charge >= 0.3 is 0 Å². The van der Waals surface area contributed by atoms with Gasteiger partial charge in [0.15, 0.2) is 11.3 Å². The lowest BCUT2D eigenvalue weighted by Crippen LogP contribution is -2.19. The monoisotopic (exact) mass is 566 g/mol. The van der Waals surface area contributed by atoms with Crippen LogP contribution in [-0.2, 0) is 21.7 Å². The van der Waals surface area contributed by atoms with Crippen LogP contribution in [0.2, 0.25) is 0 Å². The summed E-state index contributed by atoms with van der Waals surface area (Å²) in [6.07, 6.45) is 0.0585. The first-order valence-electron chi connectivity index (χ1n) is 13.0. The van der Waals surface area contributed by atoms with E-state index in [0.717, 1.165) is 28.3 Å². The molecule has 0 radical (unpaired) electrons. The van der Waals surface area contributed by atoms with Crippen molar-refractivity contribution in [3.63, 3.8) is 0 Å². The van der Waals surface area contributed by atoms with E-state index in [1.165, 1.54) is 12.1 Å². The Morgan fingerprint density at radius 2 is 1.56 bits per heavy atom. The molecule has 0 aliphatic carbocycles. The molecule has 4 aromatic carbocycles. The van der Waals surface area contributed by atoms with Gasteiger partial charge in [0.2, 0.25) is 15.7 Å². The normalized spacial score (nSPS) is 14.5. The molecule has 1 aromatic heterocycles. The van der Waals surface area contributed by atoms with Crippen LogP contribution in [0.1, 0.15) is 37.5 Å². The topological polar surface area (TPSA) is 113 Å². The first-order valence-corrected chi connectivity index (χ1v) is 14.5. The van der Waals surface area contributed by atoms with Crippen molar-refractivity contribution >= 4 is 32.4 Å². The molecule has 9 heteroatoms. The molecular weight excluding hydrogens is 540 g/mol. The Bertz CT molecular complexity index is 1920. The predicted molar refractivity (Wildman–Crippen MR) is 156 cm³/mol. The van der Waals surface area contributed by atoms with E-state index < -0.39 is 14.8 Å². The predicted octanol–water partition coefficient (Wildman–Crippen LogP) is 7.48. The average Bonchev–Trinajstić information content (AvgIpc) is 3.38. The Balaban J connectivity index is 1.42. The summed E-state index contributed by atoms with van der Waals surface area (Å²) in [7, 11) is -4.04. The average molecular weight is 567 g/mol. The molecule has 5 aromatic rings. The number of oxazole rings is 1. The fourth-order valence-corrected chi connectivity index (χ4v) is 6.44. The molecule has 0 N–H and O–H groups in total. The van der Waals surface area contributed by atoms with E-state index in [9.17, 15) is 18.5 Å². The molecule has 41 heavy (non-hydrogen) atoms. The molecule has 1 aliphatic rings. The Morgan fingerprint density at radius 1 is 0.878 bits per heavy atom. The van der Waals surface area contributed by atoms with E-state index >= 15 is 0 Å². The number of nitro groups is 1. The second-order valence-corrected chi connectivity index (χ2v) is 12.9. The molecule has 2 heterocycles. The van der Waals surface area contributed by atoms with Gasteiger partial charge in [-0.1, -0.05) is 69.3 Å². The highest BCUT2D eigenvalue weighted by Gasteiger charge is 2.36. The zero-order chi connectivity index (χ0) is 28.9. The minimum absolute atomic E-state index is 0.0585. The van der Waals surface area contributed by atoms with Crippen LogP contribution in [0, 0.1) is 10.1 Å². The number of ether oxygens (including phenoxy) is 1. The van der Waals surface area contributed by atoms with E-state index in [1.807, 2.05) is 72.8 Å². The number of hydrogen-bond donors (Lipinski definition) is 0. The van der Waals surface area contributed by atoms with Crippen molar-refractivity contribution in [3.8, 4) is 17.2 Å². The van der Waals surface area contributed by atoms with Crippen LogP contribution in [0.4, 0.5) is 5.69 Å². The third-order valence-electron chi connectivity index (χ3n) is 7.09. The SMILES string of the molecule is CC(C)(C)c1ccc(C2=C(Cc3ccc(-c4nc5ccccc5o4)cc3)S(=O)(=O)c3ccc([N+](=O)[O-])cc3O2)cc1. The van der Waals surface area contributed by atoms with Crippen LogP contribution in [0.3, 0.4) is 0 Å². The lowest BCUT2D eigenvalue weighted by atomic mass is 9.86. The van der Waals surface area contributed by atoms with Crippen molar-refractivity contribution in [2.45, 2.75) is 37.5 Å². The maximum absolute atomic E-state index is 14.0. The lowest BCUT2D eigenvalue weighted by Gasteiger charge is -2.25. The second-order valence-electron chi connectivity index (χ2n) is 10.9. The Hall–Kier alpha value is -4.76. The van der Waals surface area contributed by atoms with Gasteiger partial charge in [0.25, 0.3) is 5.69 Å². The Morgan fingerprint density at radius 3 is 2.22 bits per heavy atom. The summed E-state index contributed by atoms with van der Waals surface area (Å²) < 4.78 is 39.9. The molecule has 0 saturated heterocycles. The lowest BCUT2D eigenvalue weighted by molar-refractivity contribution is -0.385. The van der Waals surface area contributed by atoms with E-state index in [4.69, 9.17) is 9.15 Å². The molecule has 8 nitrogen and oxygen atoms in total. The van der Waals surface area contributed by atoms with Crippen molar-refractivity contribution in [1.82, 2.24) is 4.98 Å². The molecule has 206 valence electrons. The zero-order valence-electron chi connectivity index (χ0n) is 22.6. The first-order chi connectivity index (χ1) is 19.5. The van der Waals surface area contributed by atoms with Crippen molar-refractivity contribution in [2.75, 3.05) is 0 Å². The fourth-order valence-electron chi connectivity index (χ4n) is 4.80. The van der Waals surface area contributed by atoms with Crippen molar-refractivity contribution in [3.05, 3.63) is 123 Å². The van der Waals surface area contributed by atoms with Crippen LogP contribution in [0.5, 0.6) is 5.75 Å². The summed E-state index contributed by atoms with van der Waals surface area (Å²) in [4.78, 5) is 15.3. The van der Waals surface area contributed by atoms with Crippen LogP contribution < -0.4 is 4.74 Å². The van der Waals surface area contributed by atoms with Gasteiger partial charge < -0.3 is 9.15 Å². The van der Waals surface area contributed by atoms with E-state index in [0.29, 0.717) is 17.0 Å². The quantitative estimate of drug-likeness (QED) is 0.160. The van der Waals surface area contributed by atoms with Crippen molar-refractivity contribution < 1.29 is 22.5 Å². The molecule has 0 spiro atoms. The molecule has 0 atom stereocenters. The summed E-state index contributed by atoms with van der Waals surface area (Å²) in [5, 5.41) is 11.4. The van der Waals surface area contributed by atoms with E-state index in [2.05, 4.69) is 25.8 Å². The van der Waals surface area contributed by atoms with Gasteiger partial charge in [-0.05, 0) is 46.9 Å². The molecule has 0 fully saturated rings. The summed E-state index contributed by atoms with van der Waals surface area (Å²) in [6, 6.07) is 25.9. The molecule has 6 rings (SSSR count). The zero-order valence-corrected chi connectivity index (χ0v) is 23.4. The number of hydrogen-bond acceptors (Lipinski definition) is 7. The molecule has 0 saturated carbocycles. The summed E-state index contributed by atoms with van der Waals surface area (Å²) in [5.41, 5.74) is 4.23. The number of nitro benzene ring substituents is 1. The largest absolute Gasteiger partial charge is 0.454 e. The Labute approximate surface area is 237 Å². The summed E-state index contributed by atoms with van der Waals surface area (Å²) >= 11 is 0. The number of benzene rings is 4. The van der Waals surface area contributed by atoms with Crippen LogP contribution in [-0.4, -0.2) is 18.3 Å². The fraction of sp³-hybridized carbons (Fsp3) is 0.156. The van der Waals surface area contributed by atoms with Gasteiger partial charge in [-0.3, -0.25) is 10.1 Å². The van der Waals surface area contributed by atoms with Crippen molar-refractivity contribution in [2.24, 2.45) is 0 Å². The number of aromatic nitrogens is 1. The van der Waals surface area contributed by atoms with Crippen LogP contribution >= 0.6 is 0 Å². The van der Waals surface area contributed by atoms with E-state index in [-0.39, 0.29) is 38.8 Å². The number of rotatable bonds is 5. The van der Waals surface area contributed by atoms with Gasteiger partial charge in [0.1, 0.15) is 16.2 Å². The van der Waals surface area contributed by atoms with Crippen LogP contribution in [0.25, 0.3) is 28.3 Å². The number of sulfone groups is 1. The molecule has 0 bridgehead atoms. The highest BCUT2D eigenvalue weighted by Crippen LogP contribution is 2.43. The smallest absolute Gasteiger partial charge is 0.273 e. The number of fused-ring (bicyclic) bond motifs is 2. The number of nitrogens with zero attached hydrogens (tertiary/aromatic N) is 2. The van der Waals surface area contributed by atoms with E-state index in [1.54, 1.807) is 0 Å². The maximum Gasteiger partial charge on any atom is 0.273 e. The number of allylic oxidation sites excluding steroid dienone is 1. The highest BCUT2D eigenvalue weighted by atomic mass is 32.2. The number of para-hydroxylation sites is 2. The summed E-state index contributed by atoms with van der Waals surface area (Å²) in [5.74, 6) is 0.561. The second kappa shape index (κ2) is 9.71. The maximum atomic E-state index is 14.0. The third-order valence-corrected chi connectivity index (χ3v) is 8.98. The standard InChI is InChI=1S/C32H26N2O6S/c1-32(2,3)23-14-12-21(13-15-23)30-29(41(37,38)28-17-16-24(34(35)36)19-27(28)39-30)18-20-8-10-22(11-9-20)31-33-25-6-4-5-7-26(25)40-31/h4-17,19H,18H2,1-3H3. The van der Waals surface area contributed by atoms with Gasteiger partial charge in [-0.15, -0.1) is 0 Å². The van der Waals surface area contributed by atoms with Gasteiger partial charge in [-0.25, -0.2) is 13.4 Å². The Kier molecular flexibility index (Phi) is 6.26. The number of non-ortho nitro benzene ring substituents is 1. The third kappa shape index (κ3) is 4.89. The van der Waals surface area contributed by atoms with Gasteiger partial charge in [0, 0.05) is 23.6 Å². The highest BCUT2D eigenvalue weighted by molar-refractivity contribution is 7.95. The van der Waals surface area contributed by atoms with Gasteiger partial charge in [-0.2, -0.15) is 0 Å². The van der Waals surface area contributed by atoms with Crippen LogP contribution in [0.15, 0.2) is 105 Å². The molecule has 1 aliphatic heterocycles. The van der Waals surface area contributed by atoms with Crippen molar-refractivity contribution in [1.29, 1.82) is 0 Å². The molecule has 0 unspecified atom stereocenters. The molecule has 0 amide bonds. The minimum Gasteiger partial charge on any atom is -0.454 e.